The van der Waals surface area contributed by atoms with Gasteiger partial charge in [-0.05, 0) is 44.3 Å². The van der Waals surface area contributed by atoms with Crippen LogP contribution >= 0.6 is 0 Å². The monoisotopic (exact) mass is 170 g/mol. The van der Waals surface area contributed by atoms with Crippen LogP contribution in [0.4, 0.5) is 0 Å². The van der Waals surface area contributed by atoms with E-state index in [4.69, 9.17) is 0 Å². The Morgan fingerprint density at radius 2 is 2.00 bits per heavy atom. The van der Waals surface area contributed by atoms with Crippen LogP contribution in [0.15, 0.2) is 0 Å². The van der Waals surface area contributed by atoms with Gasteiger partial charge in [-0.15, -0.1) is 0 Å². The molecule has 1 aliphatic rings. The van der Waals surface area contributed by atoms with E-state index in [1.54, 1.807) is 0 Å². The molecule has 0 bridgehead atoms. The highest BCUT2D eigenvalue weighted by atomic mass is 14.9. The van der Waals surface area contributed by atoms with Gasteiger partial charge < -0.3 is 10.6 Å². The molecule has 1 rings (SSSR count). The van der Waals surface area contributed by atoms with Crippen molar-refractivity contribution in [2.24, 2.45) is 5.41 Å². The van der Waals surface area contributed by atoms with Gasteiger partial charge in [0.15, 0.2) is 0 Å². The smallest absolute Gasteiger partial charge is 0.000611 e. The van der Waals surface area contributed by atoms with E-state index >= 15 is 0 Å². The summed E-state index contributed by atoms with van der Waals surface area (Å²) in [6, 6.07) is 0. The summed E-state index contributed by atoms with van der Waals surface area (Å²) in [6.07, 6.45) is 3.89. The van der Waals surface area contributed by atoms with Crippen LogP contribution in [-0.4, -0.2) is 26.2 Å². The maximum absolute atomic E-state index is 3.52. The predicted molar refractivity (Wildman–Crippen MR) is 53.4 cm³/mol. The van der Waals surface area contributed by atoms with Gasteiger partial charge in [-0.25, -0.2) is 0 Å². The Balaban J connectivity index is 2.17. The fourth-order valence-corrected chi connectivity index (χ4v) is 1.77. The largest absolute Gasteiger partial charge is 0.317 e. The highest BCUT2D eigenvalue weighted by Gasteiger charge is 2.25. The second-order valence-corrected chi connectivity index (χ2v) is 4.24. The third-order valence-electron chi connectivity index (χ3n) is 2.79. The number of nitrogens with one attached hydrogen (secondary N) is 2. The molecule has 2 heteroatoms. The van der Waals surface area contributed by atoms with E-state index in [0.29, 0.717) is 5.41 Å². The van der Waals surface area contributed by atoms with Crippen molar-refractivity contribution in [2.45, 2.75) is 33.1 Å². The first-order valence-electron chi connectivity index (χ1n) is 5.18. The minimum absolute atomic E-state index is 0.556. The van der Waals surface area contributed by atoms with Gasteiger partial charge in [0, 0.05) is 6.54 Å². The Kier molecular flexibility index (Phi) is 4.02. The molecule has 0 atom stereocenters. The normalized spacial score (nSPS) is 22.5. The van der Waals surface area contributed by atoms with Crippen LogP contribution in [0.3, 0.4) is 0 Å². The molecule has 0 aromatic carbocycles. The van der Waals surface area contributed by atoms with E-state index < -0.39 is 0 Å². The van der Waals surface area contributed by atoms with Gasteiger partial charge in [0.25, 0.3) is 0 Å². The first-order valence-corrected chi connectivity index (χ1v) is 5.18. The zero-order valence-electron chi connectivity index (χ0n) is 8.45. The molecule has 1 fully saturated rings. The molecule has 1 saturated heterocycles. The molecule has 0 aliphatic carbocycles. The van der Waals surface area contributed by atoms with Gasteiger partial charge >= 0.3 is 0 Å². The lowest BCUT2D eigenvalue weighted by atomic mass is 9.81. The zero-order chi connectivity index (χ0) is 8.86. The molecule has 2 N–H and O–H groups in total. The molecule has 0 aromatic heterocycles. The molecular weight excluding hydrogens is 148 g/mol. The van der Waals surface area contributed by atoms with Crippen molar-refractivity contribution in [2.75, 3.05) is 26.2 Å². The molecule has 12 heavy (non-hydrogen) atoms. The van der Waals surface area contributed by atoms with Crippen molar-refractivity contribution in [1.29, 1.82) is 0 Å². The molecule has 0 unspecified atom stereocenters. The van der Waals surface area contributed by atoms with Crippen LogP contribution in [0.1, 0.15) is 33.1 Å². The van der Waals surface area contributed by atoms with Crippen LogP contribution in [-0.2, 0) is 0 Å². The molecule has 0 radical (unpaired) electrons. The summed E-state index contributed by atoms with van der Waals surface area (Å²) in [5, 5.41) is 6.92. The fourth-order valence-electron chi connectivity index (χ4n) is 1.77. The zero-order valence-corrected chi connectivity index (χ0v) is 8.45. The van der Waals surface area contributed by atoms with Gasteiger partial charge in [-0.3, -0.25) is 0 Å². The lowest BCUT2D eigenvalue weighted by Gasteiger charge is -2.34. The summed E-state index contributed by atoms with van der Waals surface area (Å²) in [6.45, 7) is 9.38. The molecule has 2 nitrogen and oxygen atoms in total. The van der Waals surface area contributed by atoms with Gasteiger partial charge in [0.05, 0.1) is 0 Å². The third kappa shape index (κ3) is 3.11. The molecule has 0 aromatic rings. The molecule has 0 saturated carbocycles. The number of piperidine rings is 1. The summed E-state index contributed by atoms with van der Waals surface area (Å²) in [5.74, 6) is 0. The number of hydrogen-bond acceptors (Lipinski definition) is 2. The Morgan fingerprint density at radius 1 is 1.33 bits per heavy atom. The van der Waals surface area contributed by atoms with Crippen molar-refractivity contribution in [3.8, 4) is 0 Å². The highest BCUT2D eigenvalue weighted by Crippen LogP contribution is 2.26. The van der Waals surface area contributed by atoms with Crippen LogP contribution in [0, 0.1) is 5.41 Å². The van der Waals surface area contributed by atoms with Gasteiger partial charge in [-0.2, -0.15) is 0 Å². The summed E-state index contributed by atoms with van der Waals surface area (Å²) in [5.41, 5.74) is 0.556. The molecule has 0 spiro atoms. The molecule has 1 aliphatic heterocycles. The SMILES string of the molecule is CCCNCC1(C)CCNCC1. The van der Waals surface area contributed by atoms with E-state index in [1.165, 1.54) is 45.4 Å². The average Bonchev–Trinajstić information content (AvgIpc) is 2.06. The summed E-state index contributed by atoms with van der Waals surface area (Å²) in [4.78, 5) is 0. The first-order chi connectivity index (χ1) is 5.77. The van der Waals surface area contributed by atoms with Crippen molar-refractivity contribution >= 4 is 0 Å². The van der Waals surface area contributed by atoms with Crippen LogP contribution < -0.4 is 10.6 Å². The quantitative estimate of drug-likeness (QED) is 0.623. The van der Waals surface area contributed by atoms with Crippen molar-refractivity contribution in [3.63, 3.8) is 0 Å². The molecule has 72 valence electrons. The van der Waals surface area contributed by atoms with Crippen molar-refractivity contribution in [1.82, 2.24) is 10.6 Å². The van der Waals surface area contributed by atoms with Crippen molar-refractivity contribution in [3.05, 3.63) is 0 Å². The van der Waals surface area contributed by atoms with Gasteiger partial charge in [0.2, 0.25) is 0 Å². The number of rotatable bonds is 4. The van der Waals surface area contributed by atoms with E-state index in [0.717, 1.165) is 0 Å². The average molecular weight is 170 g/mol. The maximum Gasteiger partial charge on any atom is 0.000611 e. The first kappa shape index (κ1) is 10.0. The van der Waals surface area contributed by atoms with E-state index in [2.05, 4.69) is 24.5 Å². The predicted octanol–water partition coefficient (Wildman–Crippen LogP) is 1.38. The maximum atomic E-state index is 3.52. The molecule has 0 amide bonds. The Labute approximate surface area is 76.1 Å². The van der Waals surface area contributed by atoms with Gasteiger partial charge in [0.1, 0.15) is 0 Å². The summed E-state index contributed by atoms with van der Waals surface area (Å²) >= 11 is 0. The molecule has 1 heterocycles. The summed E-state index contributed by atoms with van der Waals surface area (Å²) in [7, 11) is 0. The Bertz CT molecular complexity index is 117. The molecular formula is C10H22N2. The lowest BCUT2D eigenvalue weighted by molar-refractivity contribution is 0.221. The second-order valence-electron chi connectivity index (χ2n) is 4.24. The van der Waals surface area contributed by atoms with Gasteiger partial charge in [-0.1, -0.05) is 13.8 Å². The number of hydrogen-bond donors (Lipinski definition) is 2. The third-order valence-corrected chi connectivity index (χ3v) is 2.79. The van der Waals surface area contributed by atoms with Crippen LogP contribution in [0.5, 0.6) is 0 Å². The minimum atomic E-state index is 0.556. The van der Waals surface area contributed by atoms with E-state index in [-0.39, 0.29) is 0 Å². The second kappa shape index (κ2) is 4.83. The minimum Gasteiger partial charge on any atom is -0.317 e. The van der Waals surface area contributed by atoms with E-state index in [9.17, 15) is 0 Å². The Morgan fingerprint density at radius 3 is 2.58 bits per heavy atom. The summed E-state index contributed by atoms with van der Waals surface area (Å²) < 4.78 is 0. The fraction of sp³-hybridized carbons (Fsp3) is 1.00. The van der Waals surface area contributed by atoms with Crippen molar-refractivity contribution < 1.29 is 0 Å². The van der Waals surface area contributed by atoms with Crippen LogP contribution in [0.25, 0.3) is 0 Å². The topological polar surface area (TPSA) is 24.1 Å². The standard InChI is InChI=1S/C10H22N2/c1-3-6-12-9-10(2)4-7-11-8-5-10/h11-12H,3-9H2,1-2H3. The lowest BCUT2D eigenvalue weighted by Crippen LogP contribution is -2.41. The highest BCUT2D eigenvalue weighted by molar-refractivity contribution is 4.82. The Hall–Kier alpha value is -0.0800. The van der Waals surface area contributed by atoms with Crippen LogP contribution in [0.2, 0.25) is 0 Å². The van der Waals surface area contributed by atoms with E-state index in [1.807, 2.05) is 0 Å².